The van der Waals surface area contributed by atoms with Gasteiger partial charge < -0.3 is 10.2 Å². The van der Waals surface area contributed by atoms with Crippen LogP contribution in [0.25, 0.3) is 0 Å². The van der Waals surface area contributed by atoms with E-state index in [1.165, 1.54) is 38.5 Å². The summed E-state index contributed by atoms with van der Waals surface area (Å²) in [4.78, 5) is 25.9. The molecule has 3 fully saturated rings. The van der Waals surface area contributed by atoms with Crippen LogP contribution >= 0.6 is 0 Å². The molecule has 0 bridgehead atoms. The monoisotopic (exact) mass is 264 g/mol. The van der Waals surface area contributed by atoms with Crippen molar-refractivity contribution in [1.29, 1.82) is 0 Å². The molecule has 2 heterocycles. The minimum Gasteiger partial charge on any atom is -0.356 e. The second kappa shape index (κ2) is 5.14. The second-order valence-corrected chi connectivity index (χ2v) is 6.57. The van der Waals surface area contributed by atoms with Crippen LogP contribution in [-0.2, 0) is 9.59 Å². The predicted molar refractivity (Wildman–Crippen MR) is 72.4 cm³/mol. The van der Waals surface area contributed by atoms with Gasteiger partial charge in [-0.2, -0.15) is 0 Å². The molecule has 0 aromatic heterocycles. The van der Waals surface area contributed by atoms with E-state index in [9.17, 15) is 9.59 Å². The fourth-order valence-electron chi connectivity index (χ4n) is 4.08. The van der Waals surface area contributed by atoms with Crippen molar-refractivity contribution < 1.29 is 9.59 Å². The van der Waals surface area contributed by atoms with Crippen molar-refractivity contribution >= 4 is 11.8 Å². The zero-order valence-electron chi connectivity index (χ0n) is 11.6. The van der Waals surface area contributed by atoms with Crippen molar-refractivity contribution in [2.75, 3.05) is 19.6 Å². The summed E-state index contributed by atoms with van der Waals surface area (Å²) in [6, 6.07) is 0. The molecule has 0 aromatic rings. The molecule has 106 valence electrons. The highest BCUT2D eigenvalue weighted by Gasteiger charge is 2.39. The third kappa shape index (κ3) is 2.63. The molecular weight excluding hydrogens is 240 g/mol. The summed E-state index contributed by atoms with van der Waals surface area (Å²) in [5.74, 6) is 0.197. The highest BCUT2D eigenvalue weighted by Crippen LogP contribution is 2.46. The van der Waals surface area contributed by atoms with Crippen molar-refractivity contribution in [3.05, 3.63) is 0 Å². The van der Waals surface area contributed by atoms with Crippen LogP contribution in [0.3, 0.4) is 0 Å². The lowest BCUT2D eigenvalue weighted by Crippen LogP contribution is -2.47. The molecule has 1 aliphatic carbocycles. The normalized spacial score (nSPS) is 30.4. The lowest BCUT2D eigenvalue weighted by atomic mass is 9.77. The first-order valence-electron chi connectivity index (χ1n) is 7.74. The smallest absolute Gasteiger partial charge is 0.226 e. The first-order chi connectivity index (χ1) is 9.19. The summed E-state index contributed by atoms with van der Waals surface area (Å²) in [7, 11) is 0. The number of hydrogen-bond donors (Lipinski definition) is 1. The molecule has 1 spiro atoms. The Bertz CT molecular complexity index is 364. The minimum atomic E-state index is -0.0635. The molecule has 19 heavy (non-hydrogen) atoms. The van der Waals surface area contributed by atoms with Crippen LogP contribution < -0.4 is 5.32 Å². The van der Waals surface area contributed by atoms with E-state index in [-0.39, 0.29) is 17.7 Å². The third-order valence-electron chi connectivity index (χ3n) is 5.40. The summed E-state index contributed by atoms with van der Waals surface area (Å²) < 4.78 is 0. The summed E-state index contributed by atoms with van der Waals surface area (Å²) in [5.41, 5.74) is 0.556. The van der Waals surface area contributed by atoms with Gasteiger partial charge in [-0.25, -0.2) is 0 Å². The van der Waals surface area contributed by atoms with Gasteiger partial charge in [0.25, 0.3) is 0 Å². The lowest BCUT2D eigenvalue weighted by Gasteiger charge is -2.40. The molecule has 0 unspecified atom stereocenters. The first-order valence-corrected chi connectivity index (χ1v) is 7.74. The minimum absolute atomic E-state index is 0.0360. The molecule has 0 radical (unpaired) electrons. The highest BCUT2D eigenvalue weighted by atomic mass is 16.2. The fraction of sp³-hybridized carbons (Fsp3) is 0.867. The van der Waals surface area contributed by atoms with E-state index in [1.807, 2.05) is 4.90 Å². The zero-order valence-corrected chi connectivity index (χ0v) is 11.6. The zero-order chi connectivity index (χ0) is 13.3. The number of nitrogens with zero attached hydrogens (tertiary/aromatic N) is 1. The fourth-order valence-corrected chi connectivity index (χ4v) is 4.08. The van der Waals surface area contributed by atoms with Crippen LogP contribution in [0, 0.1) is 11.3 Å². The van der Waals surface area contributed by atoms with Gasteiger partial charge in [0.2, 0.25) is 11.8 Å². The molecule has 1 atom stereocenters. The quantitative estimate of drug-likeness (QED) is 0.783. The van der Waals surface area contributed by atoms with Gasteiger partial charge in [0.05, 0.1) is 0 Å². The van der Waals surface area contributed by atoms with Crippen LogP contribution in [0.4, 0.5) is 0 Å². The van der Waals surface area contributed by atoms with Crippen molar-refractivity contribution in [1.82, 2.24) is 10.2 Å². The van der Waals surface area contributed by atoms with Crippen molar-refractivity contribution in [3.8, 4) is 0 Å². The first kappa shape index (κ1) is 12.9. The largest absolute Gasteiger partial charge is 0.356 e. The van der Waals surface area contributed by atoms with Gasteiger partial charge in [-0.15, -0.1) is 0 Å². The standard InChI is InChI=1S/C15H24N2O2/c18-13-11-12(3-8-16-13)14(19)17-9-6-15(7-10-17)4-1-2-5-15/h12H,1-11H2,(H,16,18)/t12-/m0/s1. The predicted octanol–water partition coefficient (Wildman–Crippen LogP) is 1.70. The Kier molecular flexibility index (Phi) is 3.50. The number of rotatable bonds is 1. The van der Waals surface area contributed by atoms with E-state index >= 15 is 0 Å². The molecule has 2 aliphatic heterocycles. The molecule has 4 nitrogen and oxygen atoms in total. The van der Waals surface area contributed by atoms with Gasteiger partial charge in [0, 0.05) is 32.0 Å². The van der Waals surface area contributed by atoms with Crippen LogP contribution in [-0.4, -0.2) is 36.3 Å². The van der Waals surface area contributed by atoms with Crippen LogP contribution in [0.5, 0.6) is 0 Å². The Morgan fingerprint density at radius 3 is 2.47 bits per heavy atom. The third-order valence-corrected chi connectivity index (χ3v) is 5.40. The molecule has 1 N–H and O–H groups in total. The summed E-state index contributed by atoms with van der Waals surface area (Å²) >= 11 is 0. The second-order valence-electron chi connectivity index (χ2n) is 6.57. The Morgan fingerprint density at radius 2 is 1.84 bits per heavy atom. The average Bonchev–Trinajstić information content (AvgIpc) is 2.87. The maximum atomic E-state index is 12.4. The number of piperidine rings is 2. The van der Waals surface area contributed by atoms with Gasteiger partial charge in [-0.3, -0.25) is 9.59 Å². The van der Waals surface area contributed by atoms with E-state index in [0.29, 0.717) is 18.4 Å². The van der Waals surface area contributed by atoms with Crippen molar-refractivity contribution in [3.63, 3.8) is 0 Å². The van der Waals surface area contributed by atoms with Gasteiger partial charge in [0.15, 0.2) is 0 Å². The Balaban J connectivity index is 1.55. The van der Waals surface area contributed by atoms with E-state index in [0.717, 1.165) is 19.5 Å². The number of amides is 2. The SMILES string of the molecule is O=C1C[C@@H](C(=O)N2CCC3(CCCC3)CC2)CCN1. The Morgan fingerprint density at radius 1 is 1.16 bits per heavy atom. The summed E-state index contributed by atoms with van der Waals surface area (Å²) in [6.07, 6.45) is 9.03. The lowest BCUT2D eigenvalue weighted by molar-refractivity contribution is -0.142. The van der Waals surface area contributed by atoms with Gasteiger partial charge in [-0.1, -0.05) is 12.8 Å². The number of hydrogen-bond acceptors (Lipinski definition) is 2. The topological polar surface area (TPSA) is 49.4 Å². The Labute approximate surface area is 114 Å². The number of likely N-dealkylation sites (tertiary alicyclic amines) is 1. The van der Waals surface area contributed by atoms with Gasteiger partial charge >= 0.3 is 0 Å². The molecule has 3 aliphatic rings. The van der Waals surface area contributed by atoms with Gasteiger partial charge in [0.1, 0.15) is 0 Å². The molecule has 2 amide bonds. The average molecular weight is 264 g/mol. The van der Waals surface area contributed by atoms with Crippen molar-refractivity contribution in [2.24, 2.45) is 11.3 Å². The summed E-state index contributed by atoms with van der Waals surface area (Å²) in [5, 5.41) is 2.80. The van der Waals surface area contributed by atoms with E-state index in [4.69, 9.17) is 0 Å². The maximum absolute atomic E-state index is 12.4. The van der Waals surface area contributed by atoms with E-state index < -0.39 is 0 Å². The number of nitrogens with one attached hydrogen (secondary N) is 1. The molecular formula is C15H24N2O2. The van der Waals surface area contributed by atoms with Crippen LogP contribution in [0.1, 0.15) is 51.4 Å². The number of carbonyl (C=O) groups is 2. The number of carbonyl (C=O) groups excluding carboxylic acids is 2. The van der Waals surface area contributed by atoms with E-state index in [2.05, 4.69) is 5.32 Å². The Hall–Kier alpha value is -1.06. The molecule has 1 saturated carbocycles. The van der Waals surface area contributed by atoms with Crippen LogP contribution in [0.2, 0.25) is 0 Å². The van der Waals surface area contributed by atoms with Crippen LogP contribution in [0.15, 0.2) is 0 Å². The summed E-state index contributed by atoms with van der Waals surface area (Å²) in [6.45, 7) is 2.49. The molecule has 4 heteroatoms. The maximum Gasteiger partial charge on any atom is 0.226 e. The molecule has 3 rings (SSSR count). The van der Waals surface area contributed by atoms with Gasteiger partial charge in [-0.05, 0) is 37.5 Å². The molecule has 2 saturated heterocycles. The highest BCUT2D eigenvalue weighted by molar-refractivity contribution is 5.87. The van der Waals surface area contributed by atoms with Crippen molar-refractivity contribution in [2.45, 2.75) is 51.4 Å². The van der Waals surface area contributed by atoms with E-state index in [1.54, 1.807) is 0 Å². The molecule has 0 aromatic carbocycles.